The van der Waals surface area contributed by atoms with Crippen molar-refractivity contribution >= 4 is 5.91 Å². The lowest BCUT2D eigenvalue weighted by atomic mass is 9.91. The van der Waals surface area contributed by atoms with Crippen LogP contribution in [0.25, 0.3) is 0 Å². The van der Waals surface area contributed by atoms with Crippen molar-refractivity contribution in [3.8, 4) is 0 Å². The Kier molecular flexibility index (Phi) is 4.15. The average Bonchev–Trinajstić information content (AvgIpc) is 2.40. The lowest BCUT2D eigenvalue weighted by Gasteiger charge is -2.28. The number of rotatable bonds is 3. The molecule has 3 N–H and O–H groups in total. The molecule has 98 valence electrons. The van der Waals surface area contributed by atoms with Crippen molar-refractivity contribution in [2.45, 2.75) is 37.8 Å². The van der Waals surface area contributed by atoms with Gasteiger partial charge in [-0.1, -0.05) is 0 Å². The first kappa shape index (κ1) is 12.8. The van der Waals surface area contributed by atoms with Gasteiger partial charge in [0.1, 0.15) is 5.56 Å². The van der Waals surface area contributed by atoms with Crippen molar-refractivity contribution in [2.24, 2.45) is 0 Å². The third kappa shape index (κ3) is 2.98. The first-order valence-electron chi connectivity index (χ1n) is 6.36. The van der Waals surface area contributed by atoms with Crippen molar-refractivity contribution in [1.82, 2.24) is 15.6 Å². The van der Waals surface area contributed by atoms with E-state index < -0.39 is 0 Å². The lowest BCUT2D eigenvalue weighted by molar-refractivity contribution is 0.0923. The van der Waals surface area contributed by atoms with Crippen LogP contribution in [0.5, 0.6) is 0 Å². The molecule has 0 bridgehead atoms. The van der Waals surface area contributed by atoms with Gasteiger partial charge in [0, 0.05) is 30.5 Å². The fraction of sp³-hybridized carbons (Fsp3) is 0.538. The molecule has 0 spiro atoms. The summed E-state index contributed by atoms with van der Waals surface area (Å²) < 4.78 is 0. The number of aromatic amines is 1. The second kappa shape index (κ2) is 5.82. The summed E-state index contributed by atoms with van der Waals surface area (Å²) in [6.07, 6.45) is 7.03. The van der Waals surface area contributed by atoms with Gasteiger partial charge >= 0.3 is 0 Å². The summed E-state index contributed by atoms with van der Waals surface area (Å²) >= 11 is 0. The SMILES string of the molecule is CNC1CCC(NC(=O)c2c[nH]ccc2=O)CC1. The molecule has 0 aliphatic heterocycles. The zero-order chi connectivity index (χ0) is 13.0. The Morgan fingerprint density at radius 1 is 1.28 bits per heavy atom. The van der Waals surface area contributed by atoms with Gasteiger partial charge in [0.25, 0.3) is 5.91 Å². The fourth-order valence-corrected chi connectivity index (χ4v) is 2.38. The maximum absolute atomic E-state index is 11.9. The fourth-order valence-electron chi connectivity index (χ4n) is 2.38. The van der Waals surface area contributed by atoms with E-state index in [0.717, 1.165) is 25.7 Å². The summed E-state index contributed by atoms with van der Waals surface area (Å²) in [6, 6.07) is 2.10. The molecule has 0 radical (unpaired) electrons. The van der Waals surface area contributed by atoms with Crippen molar-refractivity contribution in [2.75, 3.05) is 7.05 Å². The van der Waals surface area contributed by atoms with Crippen molar-refractivity contribution < 1.29 is 4.79 Å². The predicted molar refractivity (Wildman–Crippen MR) is 69.6 cm³/mol. The first-order valence-corrected chi connectivity index (χ1v) is 6.36. The maximum atomic E-state index is 11.9. The molecule has 5 nitrogen and oxygen atoms in total. The Balaban J connectivity index is 1.93. The predicted octanol–water partition coefficient (Wildman–Crippen LogP) is 0.635. The molecular formula is C13H19N3O2. The molecule has 1 fully saturated rings. The summed E-state index contributed by atoms with van der Waals surface area (Å²) in [7, 11) is 1.97. The van der Waals surface area contributed by atoms with Crippen LogP contribution >= 0.6 is 0 Å². The Hall–Kier alpha value is -1.62. The molecule has 1 heterocycles. The summed E-state index contributed by atoms with van der Waals surface area (Å²) in [4.78, 5) is 26.2. The van der Waals surface area contributed by atoms with Gasteiger partial charge in [-0.3, -0.25) is 9.59 Å². The van der Waals surface area contributed by atoms with Crippen LogP contribution in [0, 0.1) is 0 Å². The summed E-state index contributed by atoms with van der Waals surface area (Å²) in [5.41, 5.74) is -0.0524. The molecule has 1 amide bonds. The molecule has 5 heteroatoms. The molecule has 1 saturated carbocycles. The molecule has 1 aliphatic rings. The van der Waals surface area contributed by atoms with Gasteiger partial charge in [0.2, 0.25) is 0 Å². The highest BCUT2D eigenvalue weighted by Crippen LogP contribution is 2.18. The van der Waals surface area contributed by atoms with E-state index in [2.05, 4.69) is 15.6 Å². The zero-order valence-electron chi connectivity index (χ0n) is 10.5. The minimum absolute atomic E-state index is 0.182. The van der Waals surface area contributed by atoms with Crippen LogP contribution in [0.4, 0.5) is 0 Å². The van der Waals surface area contributed by atoms with E-state index in [9.17, 15) is 9.59 Å². The van der Waals surface area contributed by atoms with E-state index in [1.54, 1.807) is 0 Å². The van der Waals surface area contributed by atoms with Crippen LogP contribution in [0.3, 0.4) is 0 Å². The Labute approximate surface area is 106 Å². The first-order chi connectivity index (χ1) is 8.70. The molecular weight excluding hydrogens is 230 g/mol. The number of aromatic nitrogens is 1. The van der Waals surface area contributed by atoms with Crippen molar-refractivity contribution in [3.63, 3.8) is 0 Å². The van der Waals surface area contributed by atoms with Gasteiger partial charge in [-0.25, -0.2) is 0 Å². The molecule has 18 heavy (non-hydrogen) atoms. The number of carbonyl (C=O) groups is 1. The van der Waals surface area contributed by atoms with Crippen LogP contribution in [0.2, 0.25) is 0 Å². The van der Waals surface area contributed by atoms with Crippen LogP contribution in [0.15, 0.2) is 23.3 Å². The highest BCUT2D eigenvalue weighted by molar-refractivity contribution is 5.93. The number of hydrogen-bond acceptors (Lipinski definition) is 3. The van der Waals surface area contributed by atoms with E-state index in [4.69, 9.17) is 0 Å². The molecule has 2 rings (SSSR count). The van der Waals surface area contributed by atoms with E-state index in [-0.39, 0.29) is 22.9 Å². The number of amides is 1. The lowest BCUT2D eigenvalue weighted by Crippen LogP contribution is -2.42. The summed E-state index contributed by atoms with van der Waals surface area (Å²) in [5, 5.41) is 6.18. The quantitative estimate of drug-likeness (QED) is 0.736. The second-order valence-corrected chi connectivity index (χ2v) is 4.73. The maximum Gasteiger partial charge on any atom is 0.256 e. The molecule has 1 aromatic rings. The van der Waals surface area contributed by atoms with Crippen LogP contribution < -0.4 is 16.1 Å². The van der Waals surface area contributed by atoms with Crippen LogP contribution in [0.1, 0.15) is 36.0 Å². The molecule has 0 unspecified atom stereocenters. The molecule has 0 aromatic carbocycles. The van der Waals surface area contributed by atoms with Gasteiger partial charge in [0.15, 0.2) is 5.43 Å². The standard InChI is InChI=1S/C13H19N3O2/c1-14-9-2-4-10(5-3-9)16-13(18)11-8-15-7-6-12(11)17/h6-10,14H,2-5H2,1H3,(H,15,17)(H,16,18). The number of pyridine rings is 1. The van der Waals surface area contributed by atoms with Gasteiger partial charge in [0.05, 0.1) is 0 Å². The van der Waals surface area contributed by atoms with Crippen LogP contribution in [-0.2, 0) is 0 Å². The van der Waals surface area contributed by atoms with Gasteiger partial charge in [-0.2, -0.15) is 0 Å². The van der Waals surface area contributed by atoms with E-state index in [0.29, 0.717) is 6.04 Å². The Morgan fingerprint density at radius 2 is 1.94 bits per heavy atom. The third-order valence-corrected chi connectivity index (χ3v) is 3.54. The minimum Gasteiger partial charge on any atom is -0.367 e. The summed E-state index contributed by atoms with van der Waals surface area (Å²) in [5.74, 6) is -0.273. The van der Waals surface area contributed by atoms with Gasteiger partial charge in [-0.05, 0) is 32.7 Å². The number of hydrogen-bond donors (Lipinski definition) is 3. The van der Waals surface area contributed by atoms with E-state index in [1.165, 1.54) is 18.5 Å². The monoisotopic (exact) mass is 249 g/mol. The highest BCUT2D eigenvalue weighted by atomic mass is 16.2. The zero-order valence-corrected chi connectivity index (χ0v) is 10.5. The smallest absolute Gasteiger partial charge is 0.256 e. The largest absolute Gasteiger partial charge is 0.367 e. The Bertz CT molecular complexity index is 461. The number of carbonyl (C=O) groups excluding carboxylic acids is 1. The van der Waals surface area contributed by atoms with Crippen molar-refractivity contribution in [1.29, 1.82) is 0 Å². The molecule has 1 aromatic heterocycles. The number of nitrogens with one attached hydrogen (secondary N) is 3. The molecule has 0 atom stereocenters. The van der Waals surface area contributed by atoms with Gasteiger partial charge < -0.3 is 15.6 Å². The van der Waals surface area contributed by atoms with E-state index in [1.807, 2.05) is 7.05 Å². The van der Waals surface area contributed by atoms with E-state index >= 15 is 0 Å². The van der Waals surface area contributed by atoms with Gasteiger partial charge in [-0.15, -0.1) is 0 Å². The average molecular weight is 249 g/mol. The van der Waals surface area contributed by atoms with Crippen molar-refractivity contribution in [3.05, 3.63) is 34.2 Å². The number of H-pyrrole nitrogens is 1. The topological polar surface area (TPSA) is 74.0 Å². The molecule has 0 saturated heterocycles. The minimum atomic E-state index is -0.273. The second-order valence-electron chi connectivity index (χ2n) is 4.73. The Morgan fingerprint density at radius 3 is 2.56 bits per heavy atom. The summed E-state index contributed by atoms with van der Waals surface area (Å²) in [6.45, 7) is 0. The normalized spacial score (nSPS) is 23.6. The molecule has 1 aliphatic carbocycles. The highest BCUT2D eigenvalue weighted by Gasteiger charge is 2.22. The van der Waals surface area contributed by atoms with Crippen LogP contribution in [-0.4, -0.2) is 30.0 Å². The third-order valence-electron chi connectivity index (χ3n) is 3.54.